The summed E-state index contributed by atoms with van der Waals surface area (Å²) in [6.07, 6.45) is 4.30. The van der Waals surface area contributed by atoms with Crippen LogP contribution in [0, 0.1) is 6.92 Å². The number of para-hydroxylation sites is 1. The lowest BCUT2D eigenvalue weighted by Gasteiger charge is -2.20. The molecule has 2 aromatic carbocycles. The molecule has 1 unspecified atom stereocenters. The second kappa shape index (κ2) is 7.37. The van der Waals surface area contributed by atoms with Gasteiger partial charge in [-0.2, -0.15) is 0 Å². The van der Waals surface area contributed by atoms with Crippen molar-refractivity contribution in [2.24, 2.45) is 0 Å². The first-order valence-corrected chi connectivity index (χ1v) is 8.24. The zero-order valence-corrected chi connectivity index (χ0v) is 14.2. The van der Waals surface area contributed by atoms with Crippen molar-refractivity contribution >= 4 is 23.2 Å². The quantitative estimate of drug-likeness (QED) is 0.692. The molecular formula is C20H19ClN2O. The summed E-state index contributed by atoms with van der Waals surface area (Å²) in [5.41, 5.74) is 2.93. The largest absolute Gasteiger partial charge is 0.346 e. The molecule has 3 rings (SSSR count). The Labute approximate surface area is 146 Å². The van der Waals surface area contributed by atoms with Crippen LogP contribution < -0.4 is 5.32 Å². The molecule has 0 saturated heterocycles. The molecule has 24 heavy (non-hydrogen) atoms. The van der Waals surface area contributed by atoms with Crippen molar-refractivity contribution in [3.63, 3.8) is 0 Å². The van der Waals surface area contributed by atoms with E-state index in [2.05, 4.69) is 35.0 Å². The number of aryl methyl sites for hydroxylation is 1. The third kappa shape index (κ3) is 3.87. The van der Waals surface area contributed by atoms with Crippen LogP contribution in [-0.2, 0) is 4.79 Å². The van der Waals surface area contributed by atoms with Gasteiger partial charge in [0.15, 0.2) is 0 Å². The highest BCUT2D eigenvalue weighted by Crippen LogP contribution is 2.25. The molecule has 0 bridgehead atoms. The summed E-state index contributed by atoms with van der Waals surface area (Å²) in [5, 5.41) is 3.44. The number of carbonyl (C=O) groups is 1. The Balaban J connectivity index is 1.82. The predicted octanol–water partition coefficient (Wildman–Crippen LogP) is 5.07. The molecule has 3 aromatic rings. The summed E-state index contributed by atoms with van der Waals surface area (Å²) in [6, 6.07) is 19.4. The van der Waals surface area contributed by atoms with Crippen LogP contribution in [0.3, 0.4) is 0 Å². The van der Waals surface area contributed by atoms with E-state index in [4.69, 9.17) is 11.6 Å². The first kappa shape index (κ1) is 16.3. The molecule has 0 saturated carbocycles. The first-order chi connectivity index (χ1) is 11.6. The number of benzene rings is 2. The van der Waals surface area contributed by atoms with Gasteiger partial charge in [0.05, 0.1) is 23.2 Å². The summed E-state index contributed by atoms with van der Waals surface area (Å²) in [4.78, 5) is 12.5. The minimum absolute atomic E-state index is 0.0533. The van der Waals surface area contributed by atoms with E-state index in [0.29, 0.717) is 17.1 Å². The van der Waals surface area contributed by atoms with Crippen molar-refractivity contribution in [3.05, 3.63) is 89.2 Å². The van der Waals surface area contributed by atoms with Gasteiger partial charge in [-0.25, -0.2) is 0 Å². The number of carbonyl (C=O) groups excluding carboxylic acids is 1. The Morgan fingerprint density at radius 2 is 1.83 bits per heavy atom. The van der Waals surface area contributed by atoms with Gasteiger partial charge in [0, 0.05) is 12.4 Å². The van der Waals surface area contributed by atoms with Gasteiger partial charge in [-0.3, -0.25) is 4.79 Å². The lowest BCUT2D eigenvalue weighted by molar-refractivity contribution is -0.116. The van der Waals surface area contributed by atoms with Gasteiger partial charge >= 0.3 is 0 Å². The van der Waals surface area contributed by atoms with Crippen molar-refractivity contribution in [3.8, 4) is 0 Å². The fourth-order valence-corrected chi connectivity index (χ4v) is 2.95. The highest BCUT2D eigenvalue weighted by Gasteiger charge is 2.18. The van der Waals surface area contributed by atoms with E-state index >= 15 is 0 Å². The topological polar surface area (TPSA) is 34.0 Å². The van der Waals surface area contributed by atoms with Crippen LogP contribution in [0.5, 0.6) is 0 Å². The lowest BCUT2D eigenvalue weighted by atomic mass is 10.0. The van der Waals surface area contributed by atoms with Gasteiger partial charge in [-0.05, 0) is 36.8 Å². The van der Waals surface area contributed by atoms with Crippen LogP contribution >= 0.6 is 11.6 Å². The van der Waals surface area contributed by atoms with E-state index in [1.54, 1.807) is 12.1 Å². The number of nitrogens with zero attached hydrogens (tertiary/aromatic N) is 1. The molecule has 1 aromatic heterocycles. The van der Waals surface area contributed by atoms with E-state index in [1.807, 2.05) is 42.7 Å². The summed E-state index contributed by atoms with van der Waals surface area (Å²) >= 11 is 6.12. The number of hydrogen-bond acceptors (Lipinski definition) is 1. The van der Waals surface area contributed by atoms with E-state index < -0.39 is 0 Å². The third-order valence-electron chi connectivity index (χ3n) is 3.94. The molecule has 0 aliphatic heterocycles. The first-order valence-electron chi connectivity index (χ1n) is 7.87. The Hall–Kier alpha value is -2.52. The van der Waals surface area contributed by atoms with E-state index in [1.165, 1.54) is 5.56 Å². The Kier molecular flexibility index (Phi) is 5.02. The maximum atomic E-state index is 12.5. The maximum absolute atomic E-state index is 12.5. The molecule has 4 heteroatoms. The van der Waals surface area contributed by atoms with Crippen LogP contribution in [-0.4, -0.2) is 10.5 Å². The molecule has 122 valence electrons. The van der Waals surface area contributed by atoms with Gasteiger partial charge in [-0.15, -0.1) is 0 Å². The number of anilines is 1. The van der Waals surface area contributed by atoms with Gasteiger partial charge in [0.1, 0.15) is 0 Å². The van der Waals surface area contributed by atoms with Crippen LogP contribution in [0.4, 0.5) is 5.69 Å². The smallest absolute Gasteiger partial charge is 0.226 e. The molecule has 1 N–H and O–H groups in total. The molecule has 1 atom stereocenters. The van der Waals surface area contributed by atoms with Crippen molar-refractivity contribution in [2.75, 3.05) is 5.32 Å². The molecule has 0 spiro atoms. The molecule has 0 fully saturated rings. The van der Waals surface area contributed by atoms with Gasteiger partial charge in [0.2, 0.25) is 5.91 Å². The normalized spacial score (nSPS) is 11.9. The average Bonchev–Trinajstić information content (AvgIpc) is 3.09. The second-order valence-electron chi connectivity index (χ2n) is 5.79. The van der Waals surface area contributed by atoms with Gasteiger partial charge in [-0.1, -0.05) is 53.6 Å². The monoisotopic (exact) mass is 338 g/mol. The summed E-state index contributed by atoms with van der Waals surface area (Å²) in [5.74, 6) is -0.0664. The fourth-order valence-electron chi connectivity index (χ4n) is 2.77. The molecule has 3 nitrogen and oxygen atoms in total. The molecule has 0 aliphatic rings. The number of nitrogens with one attached hydrogen (secondary N) is 1. The second-order valence-corrected chi connectivity index (χ2v) is 6.20. The number of amides is 1. The van der Waals surface area contributed by atoms with Crippen molar-refractivity contribution in [2.45, 2.75) is 19.4 Å². The zero-order valence-electron chi connectivity index (χ0n) is 13.4. The van der Waals surface area contributed by atoms with E-state index in [-0.39, 0.29) is 11.9 Å². The number of aromatic nitrogens is 1. The molecule has 1 amide bonds. The Bertz CT molecular complexity index is 827. The van der Waals surface area contributed by atoms with Crippen LogP contribution in [0.1, 0.15) is 23.6 Å². The lowest BCUT2D eigenvalue weighted by Crippen LogP contribution is -2.19. The van der Waals surface area contributed by atoms with Crippen LogP contribution in [0.2, 0.25) is 5.02 Å². The number of rotatable bonds is 5. The predicted molar refractivity (Wildman–Crippen MR) is 98.4 cm³/mol. The highest BCUT2D eigenvalue weighted by molar-refractivity contribution is 6.33. The van der Waals surface area contributed by atoms with Crippen molar-refractivity contribution < 1.29 is 4.79 Å². The highest BCUT2D eigenvalue weighted by atomic mass is 35.5. The molecule has 0 radical (unpaired) electrons. The van der Waals surface area contributed by atoms with Crippen LogP contribution in [0.25, 0.3) is 0 Å². The average molecular weight is 339 g/mol. The fraction of sp³-hybridized carbons (Fsp3) is 0.150. The van der Waals surface area contributed by atoms with E-state index in [9.17, 15) is 4.79 Å². The van der Waals surface area contributed by atoms with Crippen molar-refractivity contribution in [1.29, 1.82) is 0 Å². The molecule has 1 heterocycles. The van der Waals surface area contributed by atoms with Gasteiger partial charge < -0.3 is 9.88 Å². The third-order valence-corrected chi connectivity index (χ3v) is 4.27. The summed E-state index contributed by atoms with van der Waals surface area (Å²) in [6.45, 7) is 2.06. The summed E-state index contributed by atoms with van der Waals surface area (Å²) in [7, 11) is 0. The summed E-state index contributed by atoms with van der Waals surface area (Å²) < 4.78 is 2.06. The molecular weight excluding hydrogens is 320 g/mol. The Morgan fingerprint density at radius 3 is 2.54 bits per heavy atom. The number of halogens is 1. The van der Waals surface area contributed by atoms with E-state index in [0.717, 1.165) is 5.56 Å². The SMILES string of the molecule is Cc1cccc(C(CC(=O)Nc2ccccc2Cl)n2cccc2)c1. The maximum Gasteiger partial charge on any atom is 0.226 e. The zero-order chi connectivity index (χ0) is 16.9. The standard InChI is InChI=1S/C20H19ClN2O/c1-15-7-6-8-16(13-15)19(23-11-4-5-12-23)14-20(24)22-18-10-3-2-9-17(18)21/h2-13,19H,14H2,1H3,(H,22,24). The van der Waals surface area contributed by atoms with Gasteiger partial charge in [0.25, 0.3) is 0 Å². The molecule has 0 aliphatic carbocycles. The minimum Gasteiger partial charge on any atom is -0.346 e. The number of hydrogen-bond donors (Lipinski definition) is 1. The minimum atomic E-state index is -0.0664. The Morgan fingerprint density at radius 1 is 1.08 bits per heavy atom. The van der Waals surface area contributed by atoms with Crippen LogP contribution in [0.15, 0.2) is 73.1 Å². The van der Waals surface area contributed by atoms with Crippen molar-refractivity contribution in [1.82, 2.24) is 4.57 Å².